The smallest absolute Gasteiger partial charge is 0.183 e. The van der Waals surface area contributed by atoms with E-state index in [1.54, 1.807) is 28.9 Å². The molecule has 32 heavy (non-hydrogen) atoms. The molecule has 0 aliphatic carbocycles. The van der Waals surface area contributed by atoms with Gasteiger partial charge in [-0.25, -0.2) is 15.0 Å². The van der Waals surface area contributed by atoms with Gasteiger partial charge < -0.3 is 4.74 Å². The van der Waals surface area contributed by atoms with Crippen LogP contribution in [0.4, 0.5) is 5.69 Å². The van der Waals surface area contributed by atoms with Crippen molar-refractivity contribution in [3.63, 3.8) is 0 Å². The van der Waals surface area contributed by atoms with E-state index in [1.807, 2.05) is 67.6 Å². The third kappa shape index (κ3) is 4.51. The normalized spacial score (nSPS) is 12.1. The number of nitrogens with zero attached hydrogens (tertiary/aromatic N) is 4. The third-order valence-electron chi connectivity index (χ3n) is 4.54. The molecule has 2 heterocycles. The van der Waals surface area contributed by atoms with Gasteiger partial charge in [0.1, 0.15) is 10.8 Å². The van der Waals surface area contributed by atoms with Gasteiger partial charge in [0.25, 0.3) is 0 Å². The molecular formula is C24H19N5OS2. The van der Waals surface area contributed by atoms with E-state index in [0.717, 1.165) is 41.9 Å². The van der Waals surface area contributed by atoms with Crippen molar-refractivity contribution >= 4 is 60.8 Å². The van der Waals surface area contributed by atoms with Crippen molar-refractivity contribution in [1.82, 2.24) is 15.4 Å². The first-order chi connectivity index (χ1) is 15.8. The number of hydrogen-bond donors (Lipinski definition) is 1. The van der Waals surface area contributed by atoms with Crippen LogP contribution in [0.3, 0.4) is 0 Å². The van der Waals surface area contributed by atoms with Crippen LogP contribution in [0.1, 0.15) is 16.9 Å². The molecule has 0 fully saturated rings. The van der Waals surface area contributed by atoms with Crippen LogP contribution in [0.2, 0.25) is 0 Å². The number of benzene rings is 3. The van der Waals surface area contributed by atoms with Crippen LogP contribution < -0.4 is 10.2 Å². The largest absolute Gasteiger partial charge is 0.494 e. The summed E-state index contributed by atoms with van der Waals surface area (Å²) in [7, 11) is 0. The van der Waals surface area contributed by atoms with Crippen LogP contribution in [0.5, 0.6) is 5.75 Å². The number of fused-ring (bicyclic) bond motifs is 2. The maximum Gasteiger partial charge on any atom is 0.183 e. The predicted molar refractivity (Wildman–Crippen MR) is 134 cm³/mol. The molecule has 0 radical (unpaired) electrons. The molecule has 0 atom stereocenters. The Kier molecular flexibility index (Phi) is 5.87. The minimum absolute atomic E-state index is 0.577. The van der Waals surface area contributed by atoms with Gasteiger partial charge in [0, 0.05) is 0 Å². The number of nitrogens with one attached hydrogen (secondary N) is 1. The Labute approximate surface area is 193 Å². The maximum absolute atomic E-state index is 5.53. The molecule has 0 aliphatic rings. The standard InChI is InChI=1S/C24H19N5OS2/c1-2-30-17-13-11-16(12-14-17)26-23(24-28-19-8-4-6-10-21(19)32-24)29-25-15-22-27-18-7-3-5-9-20(18)31-22/h3-15H,2H2,1H3,(H,26,29)/b25-15+. The highest BCUT2D eigenvalue weighted by Gasteiger charge is 2.11. The van der Waals surface area contributed by atoms with Crippen LogP contribution in [0.25, 0.3) is 20.4 Å². The molecule has 2 aromatic heterocycles. The van der Waals surface area contributed by atoms with E-state index in [0.29, 0.717) is 12.4 Å². The molecule has 0 saturated carbocycles. The minimum atomic E-state index is 0.577. The summed E-state index contributed by atoms with van der Waals surface area (Å²) in [6.07, 6.45) is 1.71. The molecule has 0 unspecified atom stereocenters. The van der Waals surface area contributed by atoms with E-state index in [-0.39, 0.29) is 0 Å². The Hall–Kier alpha value is -3.62. The summed E-state index contributed by atoms with van der Waals surface area (Å²) in [6.45, 7) is 2.59. The summed E-state index contributed by atoms with van der Waals surface area (Å²) < 4.78 is 7.75. The molecule has 0 saturated heterocycles. The van der Waals surface area contributed by atoms with Gasteiger partial charge in [-0.05, 0) is 55.5 Å². The summed E-state index contributed by atoms with van der Waals surface area (Å²) >= 11 is 3.16. The Morgan fingerprint density at radius 3 is 2.28 bits per heavy atom. The van der Waals surface area contributed by atoms with Gasteiger partial charge in [-0.1, -0.05) is 24.3 Å². The molecule has 5 rings (SSSR count). The molecule has 5 aromatic rings. The van der Waals surface area contributed by atoms with Crippen LogP contribution in [-0.2, 0) is 0 Å². The average molecular weight is 458 g/mol. The van der Waals surface area contributed by atoms with Crippen molar-refractivity contribution in [3.8, 4) is 5.75 Å². The second-order valence-corrected chi connectivity index (χ2v) is 8.86. The molecule has 0 amide bonds. The Morgan fingerprint density at radius 2 is 1.59 bits per heavy atom. The summed E-state index contributed by atoms with van der Waals surface area (Å²) in [4.78, 5) is 14.1. The van der Waals surface area contributed by atoms with Crippen molar-refractivity contribution in [2.75, 3.05) is 6.61 Å². The zero-order valence-electron chi connectivity index (χ0n) is 17.2. The van der Waals surface area contributed by atoms with Crippen molar-refractivity contribution in [3.05, 3.63) is 82.8 Å². The first-order valence-electron chi connectivity index (χ1n) is 10.1. The Balaban J connectivity index is 1.45. The average Bonchev–Trinajstić information content (AvgIpc) is 3.43. The number of aromatic nitrogens is 2. The second-order valence-electron chi connectivity index (χ2n) is 6.76. The summed E-state index contributed by atoms with van der Waals surface area (Å²) in [5, 5.41) is 6.00. The molecule has 158 valence electrons. The van der Waals surface area contributed by atoms with Gasteiger partial charge in [-0.3, -0.25) is 5.43 Å². The van der Waals surface area contributed by atoms with Gasteiger partial charge in [0.2, 0.25) is 0 Å². The number of ether oxygens (including phenoxy) is 1. The van der Waals surface area contributed by atoms with Crippen molar-refractivity contribution in [1.29, 1.82) is 0 Å². The molecule has 6 nitrogen and oxygen atoms in total. The first-order valence-corrected chi connectivity index (χ1v) is 11.7. The van der Waals surface area contributed by atoms with E-state index in [2.05, 4.69) is 27.6 Å². The number of para-hydroxylation sites is 2. The van der Waals surface area contributed by atoms with E-state index in [9.17, 15) is 0 Å². The molecule has 3 aromatic carbocycles. The fraction of sp³-hybridized carbons (Fsp3) is 0.0833. The van der Waals surface area contributed by atoms with Gasteiger partial charge >= 0.3 is 0 Å². The maximum atomic E-state index is 5.53. The van der Waals surface area contributed by atoms with Crippen molar-refractivity contribution in [2.45, 2.75) is 6.92 Å². The number of thiazole rings is 2. The highest BCUT2D eigenvalue weighted by atomic mass is 32.1. The zero-order valence-corrected chi connectivity index (χ0v) is 18.9. The Morgan fingerprint density at radius 1 is 0.906 bits per heavy atom. The number of hydrazone groups is 1. The topological polar surface area (TPSA) is 71.8 Å². The van der Waals surface area contributed by atoms with Crippen LogP contribution in [0, 0.1) is 0 Å². The zero-order chi connectivity index (χ0) is 21.8. The first kappa shape index (κ1) is 20.3. The lowest BCUT2D eigenvalue weighted by molar-refractivity contribution is 0.340. The fourth-order valence-electron chi connectivity index (χ4n) is 3.10. The van der Waals surface area contributed by atoms with Crippen LogP contribution >= 0.6 is 22.7 Å². The third-order valence-corrected chi connectivity index (χ3v) is 6.56. The predicted octanol–water partition coefficient (Wildman–Crippen LogP) is 6.01. The van der Waals surface area contributed by atoms with Crippen molar-refractivity contribution in [2.24, 2.45) is 10.1 Å². The number of aliphatic imine (C=N–C) groups is 1. The molecular weight excluding hydrogens is 438 g/mol. The van der Waals surface area contributed by atoms with Gasteiger partial charge in [-0.15, -0.1) is 22.7 Å². The minimum Gasteiger partial charge on any atom is -0.494 e. The van der Waals surface area contributed by atoms with Crippen LogP contribution in [-0.4, -0.2) is 28.6 Å². The van der Waals surface area contributed by atoms with E-state index in [1.165, 1.54) is 0 Å². The summed E-state index contributed by atoms with van der Waals surface area (Å²) in [5.41, 5.74) is 5.76. The van der Waals surface area contributed by atoms with Crippen molar-refractivity contribution < 1.29 is 4.74 Å². The number of rotatable bonds is 6. The van der Waals surface area contributed by atoms with E-state index < -0.39 is 0 Å². The van der Waals surface area contributed by atoms with Crippen LogP contribution in [0.15, 0.2) is 82.9 Å². The fourth-order valence-corrected chi connectivity index (χ4v) is 4.85. The number of hydrogen-bond acceptors (Lipinski definition) is 7. The monoisotopic (exact) mass is 457 g/mol. The Bertz CT molecular complexity index is 1350. The molecule has 1 N–H and O–H groups in total. The van der Waals surface area contributed by atoms with Gasteiger partial charge in [0.15, 0.2) is 10.8 Å². The second kappa shape index (κ2) is 9.25. The summed E-state index contributed by atoms with van der Waals surface area (Å²) in [6, 6.07) is 23.7. The highest BCUT2D eigenvalue weighted by molar-refractivity contribution is 7.20. The SMILES string of the molecule is CCOc1ccc(N=C(N/N=C/c2nc3ccccc3s2)c2nc3ccccc3s2)cc1. The lowest BCUT2D eigenvalue weighted by Gasteiger charge is -2.04. The highest BCUT2D eigenvalue weighted by Crippen LogP contribution is 2.24. The number of amidine groups is 1. The lowest BCUT2D eigenvalue weighted by Crippen LogP contribution is -2.18. The summed E-state index contributed by atoms with van der Waals surface area (Å²) in [5.74, 6) is 1.39. The van der Waals surface area contributed by atoms with Gasteiger partial charge in [-0.2, -0.15) is 5.10 Å². The molecule has 0 bridgehead atoms. The molecule has 0 spiro atoms. The van der Waals surface area contributed by atoms with E-state index in [4.69, 9.17) is 14.7 Å². The molecule has 0 aliphatic heterocycles. The van der Waals surface area contributed by atoms with E-state index >= 15 is 0 Å². The quantitative estimate of drug-likeness (QED) is 0.193. The van der Waals surface area contributed by atoms with Gasteiger partial charge in [0.05, 0.1) is 38.9 Å². The lowest BCUT2D eigenvalue weighted by atomic mass is 10.3. The molecule has 8 heteroatoms.